The lowest BCUT2D eigenvalue weighted by Gasteiger charge is -2.35. The van der Waals surface area contributed by atoms with E-state index in [1.807, 2.05) is 0 Å². The van der Waals surface area contributed by atoms with E-state index in [1.165, 1.54) is 41.3 Å². The molecule has 0 aliphatic heterocycles. The van der Waals surface area contributed by atoms with E-state index in [-0.39, 0.29) is 27.9 Å². The monoisotopic (exact) mass is 767 g/mol. The molecule has 0 aliphatic carbocycles. The molecule has 1 atom stereocenters. The highest BCUT2D eigenvalue weighted by Crippen LogP contribution is 2.38. The fraction of sp³-hybridized carbons (Fsp3) is 0.278. The van der Waals surface area contributed by atoms with Gasteiger partial charge in [-0.15, -0.1) is 0 Å². The van der Waals surface area contributed by atoms with E-state index in [9.17, 15) is 31.2 Å². The number of hydrogen-bond acceptors (Lipinski definition) is 4. The minimum absolute atomic E-state index is 0.0275. The molecule has 0 aliphatic rings. The second kappa shape index (κ2) is 15.6. The van der Waals surface area contributed by atoms with Gasteiger partial charge in [0.15, 0.2) is 0 Å². The van der Waals surface area contributed by atoms with Crippen molar-refractivity contribution in [2.45, 2.75) is 63.3 Å². The molecule has 0 radical (unpaired) electrons. The van der Waals surface area contributed by atoms with Crippen LogP contribution in [0.2, 0.25) is 15.1 Å². The van der Waals surface area contributed by atoms with Crippen molar-refractivity contribution in [1.29, 1.82) is 0 Å². The SMILES string of the molecule is Cc1ccc(S(=O)(=O)N(CC(=O)N(Cc2ccc(Cl)c(Cl)c2)C(Cc2ccccc2)C(=O)NC(C)(C)C)c2ccc(Cl)c(C(F)(F)F)c2)cc1. The lowest BCUT2D eigenvalue weighted by atomic mass is 10.0. The van der Waals surface area contributed by atoms with Crippen molar-refractivity contribution in [3.63, 3.8) is 0 Å². The maximum Gasteiger partial charge on any atom is 0.417 e. The van der Waals surface area contributed by atoms with Crippen LogP contribution in [0.4, 0.5) is 18.9 Å². The number of sulfonamides is 1. The van der Waals surface area contributed by atoms with E-state index in [0.717, 1.165) is 17.7 Å². The fourth-order valence-electron chi connectivity index (χ4n) is 5.09. The van der Waals surface area contributed by atoms with Crippen molar-refractivity contribution < 1.29 is 31.2 Å². The van der Waals surface area contributed by atoms with Gasteiger partial charge in [-0.1, -0.05) is 88.9 Å². The van der Waals surface area contributed by atoms with E-state index in [0.29, 0.717) is 21.5 Å². The molecule has 266 valence electrons. The third-order valence-electron chi connectivity index (χ3n) is 7.54. The first-order chi connectivity index (χ1) is 23.3. The molecule has 0 saturated heterocycles. The topological polar surface area (TPSA) is 86.8 Å². The number of amides is 2. The number of aryl methyl sites for hydroxylation is 1. The Labute approximate surface area is 305 Å². The Bertz CT molecular complexity index is 1950. The molecule has 4 aromatic rings. The smallest absolute Gasteiger partial charge is 0.350 e. The molecule has 4 rings (SSSR count). The summed E-state index contributed by atoms with van der Waals surface area (Å²) < 4.78 is 71.0. The molecular weight excluding hydrogens is 734 g/mol. The summed E-state index contributed by atoms with van der Waals surface area (Å²) in [5, 5.41) is 2.69. The standard InChI is InChI=1S/C36H35Cl3F3N3O4S/c1-23-10-14-27(15-11-23)50(48,49)45(26-13-17-29(37)28(20-26)36(40,41)42)22-33(46)44(21-25-12-16-30(38)31(39)18-25)32(34(47)43-35(2,3)4)19-24-8-6-5-7-9-24/h5-18,20,32H,19,21-22H2,1-4H3,(H,43,47). The van der Waals surface area contributed by atoms with Gasteiger partial charge in [-0.05, 0) is 81.3 Å². The zero-order valence-corrected chi connectivity index (χ0v) is 30.6. The number of nitrogens with one attached hydrogen (secondary N) is 1. The number of nitrogens with zero attached hydrogens (tertiary/aromatic N) is 2. The highest BCUT2D eigenvalue weighted by atomic mass is 35.5. The maximum absolute atomic E-state index is 14.6. The van der Waals surface area contributed by atoms with Crippen molar-refractivity contribution in [3.05, 3.63) is 128 Å². The van der Waals surface area contributed by atoms with E-state index < -0.39 is 62.4 Å². The summed E-state index contributed by atoms with van der Waals surface area (Å²) in [6, 6.07) is 20.6. The van der Waals surface area contributed by atoms with Crippen LogP contribution >= 0.6 is 34.8 Å². The molecule has 0 bridgehead atoms. The molecule has 1 N–H and O–H groups in total. The zero-order chi connectivity index (χ0) is 37.0. The predicted octanol–water partition coefficient (Wildman–Crippen LogP) is 8.72. The van der Waals surface area contributed by atoms with E-state index in [1.54, 1.807) is 64.1 Å². The molecular formula is C36H35Cl3F3N3O4S. The van der Waals surface area contributed by atoms with Crippen molar-refractivity contribution in [2.75, 3.05) is 10.8 Å². The van der Waals surface area contributed by atoms with Crippen LogP contribution in [0.25, 0.3) is 0 Å². The highest BCUT2D eigenvalue weighted by molar-refractivity contribution is 7.92. The van der Waals surface area contributed by atoms with Gasteiger partial charge in [-0.2, -0.15) is 13.2 Å². The van der Waals surface area contributed by atoms with Gasteiger partial charge in [0, 0.05) is 18.5 Å². The molecule has 0 spiro atoms. The number of rotatable bonds is 11. The molecule has 50 heavy (non-hydrogen) atoms. The number of hydrogen-bond donors (Lipinski definition) is 1. The first kappa shape index (κ1) is 39.0. The van der Waals surface area contributed by atoms with E-state index >= 15 is 0 Å². The third-order valence-corrected chi connectivity index (χ3v) is 10.4. The summed E-state index contributed by atoms with van der Waals surface area (Å²) in [5.74, 6) is -1.41. The lowest BCUT2D eigenvalue weighted by Crippen LogP contribution is -2.56. The molecule has 0 heterocycles. The van der Waals surface area contributed by atoms with E-state index in [4.69, 9.17) is 34.8 Å². The van der Waals surface area contributed by atoms with Crippen LogP contribution in [0, 0.1) is 6.92 Å². The molecule has 7 nitrogen and oxygen atoms in total. The minimum atomic E-state index is -4.93. The number of anilines is 1. The Morgan fingerprint density at radius 3 is 2.00 bits per heavy atom. The molecule has 0 aromatic heterocycles. The summed E-state index contributed by atoms with van der Waals surface area (Å²) in [6.07, 6.45) is -4.90. The predicted molar refractivity (Wildman–Crippen MR) is 191 cm³/mol. The van der Waals surface area contributed by atoms with Crippen molar-refractivity contribution in [1.82, 2.24) is 10.2 Å². The lowest BCUT2D eigenvalue weighted by molar-refractivity contribution is -0.140. The number of carbonyl (C=O) groups excluding carboxylic acids is 2. The normalized spacial score (nSPS) is 12.7. The van der Waals surface area contributed by atoms with Crippen LogP contribution in [-0.2, 0) is 38.8 Å². The number of benzene rings is 4. The second-order valence-corrected chi connectivity index (χ2v) is 15.8. The van der Waals surface area contributed by atoms with Gasteiger partial charge in [0.05, 0.1) is 31.2 Å². The van der Waals surface area contributed by atoms with Crippen molar-refractivity contribution in [3.8, 4) is 0 Å². The summed E-state index contributed by atoms with van der Waals surface area (Å²) in [7, 11) is -4.66. The number of carbonyl (C=O) groups is 2. The van der Waals surface area contributed by atoms with Gasteiger partial charge in [-0.25, -0.2) is 8.42 Å². The Balaban J connectivity index is 1.89. The average molecular weight is 769 g/mol. The van der Waals surface area contributed by atoms with Gasteiger partial charge in [0.25, 0.3) is 10.0 Å². The van der Waals surface area contributed by atoms with Gasteiger partial charge in [0.1, 0.15) is 12.6 Å². The first-order valence-electron chi connectivity index (χ1n) is 15.3. The van der Waals surface area contributed by atoms with E-state index in [2.05, 4.69) is 5.32 Å². The Kier molecular flexibility index (Phi) is 12.2. The van der Waals surface area contributed by atoms with Crippen LogP contribution in [0.3, 0.4) is 0 Å². The minimum Gasteiger partial charge on any atom is -0.350 e. The van der Waals surface area contributed by atoms with Crippen LogP contribution in [-0.4, -0.2) is 43.3 Å². The largest absolute Gasteiger partial charge is 0.417 e. The van der Waals surface area contributed by atoms with Crippen LogP contribution < -0.4 is 9.62 Å². The van der Waals surface area contributed by atoms with Gasteiger partial charge in [-0.3, -0.25) is 13.9 Å². The average Bonchev–Trinajstić information content (AvgIpc) is 3.02. The quantitative estimate of drug-likeness (QED) is 0.166. The highest BCUT2D eigenvalue weighted by Gasteiger charge is 2.38. The Morgan fingerprint density at radius 2 is 1.42 bits per heavy atom. The first-order valence-corrected chi connectivity index (χ1v) is 17.9. The van der Waals surface area contributed by atoms with Crippen molar-refractivity contribution in [2.24, 2.45) is 0 Å². The van der Waals surface area contributed by atoms with Gasteiger partial charge in [0.2, 0.25) is 11.8 Å². The van der Waals surface area contributed by atoms with Gasteiger partial charge >= 0.3 is 6.18 Å². The Hall–Kier alpha value is -3.77. The third kappa shape index (κ3) is 9.93. The summed E-state index contributed by atoms with van der Waals surface area (Å²) in [5.41, 5.74) is -0.559. The summed E-state index contributed by atoms with van der Waals surface area (Å²) >= 11 is 18.3. The maximum atomic E-state index is 14.6. The van der Waals surface area contributed by atoms with Crippen LogP contribution in [0.1, 0.15) is 43.0 Å². The number of alkyl halides is 3. The molecule has 0 fully saturated rings. The summed E-state index contributed by atoms with van der Waals surface area (Å²) in [6.45, 7) is 5.85. The molecule has 14 heteroatoms. The molecule has 4 aromatic carbocycles. The second-order valence-electron chi connectivity index (χ2n) is 12.7. The fourth-order valence-corrected chi connectivity index (χ4v) is 7.04. The summed E-state index contributed by atoms with van der Waals surface area (Å²) in [4.78, 5) is 29.5. The molecule has 1 unspecified atom stereocenters. The Morgan fingerprint density at radius 1 is 0.800 bits per heavy atom. The van der Waals surface area contributed by atoms with Crippen LogP contribution in [0.5, 0.6) is 0 Å². The van der Waals surface area contributed by atoms with Crippen LogP contribution in [0.15, 0.2) is 95.9 Å². The molecule has 0 saturated carbocycles. The molecule has 2 amide bonds. The van der Waals surface area contributed by atoms with Crippen molar-refractivity contribution >= 4 is 62.3 Å². The number of halogens is 6. The van der Waals surface area contributed by atoms with Gasteiger partial charge < -0.3 is 10.2 Å². The zero-order valence-electron chi connectivity index (χ0n) is 27.6.